The molecule has 3 aromatic rings. The van der Waals surface area contributed by atoms with Crippen molar-refractivity contribution in [1.29, 1.82) is 0 Å². The van der Waals surface area contributed by atoms with Crippen molar-refractivity contribution in [3.05, 3.63) is 71.8 Å². The molecule has 0 fully saturated rings. The molecule has 0 saturated carbocycles. The van der Waals surface area contributed by atoms with Crippen molar-refractivity contribution in [2.75, 3.05) is 36.5 Å². The molecular weight excluding hydrogens is 406 g/mol. The highest BCUT2D eigenvalue weighted by molar-refractivity contribution is 6.22. The van der Waals surface area contributed by atoms with Crippen molar-refractivity contribution < 1.29 is 14.4 Å². The average molecular weight is 427 g/mol. The molecule has 0 unspecified atom stereocenters. The number of aromatic nitrogens is 2. The number of carbonyl (C=O) groups excluding carboxylic acids is 3. The summed E-state index contributed by atoms with van der Waals surface area (Å²) in [7, 11) is 1.93. The summed E-state index contributed by atoms with van der Waals surface area (Å²) in [5.74, 6) is 0.0599. The predicted molar refractivity (Wildman–Crippen MR) is 121 cm³/mol. The maximum Gasteiger partial charge on any atom is 0.261 e. The topological polar surface area (TPSA) is 86.7 Å². The maximum atomic E-state index is 13.6. The summed E-state index contributed by atoms with van der Waals surface area (Å²) in [5.41, 5.74) is 2.33. The van der Waals surface area contributed by atoms with Crippen LogP contribution in [0.3, 0.4) is 0 Å². The molecule has 1 aromatic heterocycles. The molecule has 0 bridgehead atoms. The maximum absolute atomic E-state index is 13.6. The van der Waals surface area contributed by atoms with Gasteiger partial charge < -0.3 is 4.90 Å². The molecule has 0 radical (unpaired) electrons. The third-order valence-electron chi connectivity index (χ3n) is 5.80. The minimum Gasteiger partial charge on any atom is -0.357 e. The van der Waals surface area contributed by atoms with Gasteiger partial charge in [0, 0.05) is 32.2 Å². The number of hydrogen-bond acceptors (Lipinski definition) is 6. The predicted octanol–water partition coefficient (Wildman–Crippen LogP) is 2.90. The summed E-state index contributed by atoms with van der Waals surface area (Å²) in [5, 5.41) is 0. The second-order valence-electron chi connectivity index (χ2n) is 7.86. The van der Waals surface area contributed by atoms with Gasteiger partial charge in [0.25, 0.3) is 17.7 Å². The van der Waals surface area contributed by atoms with Crippen LogP contribution in [0.2, 0.25) is 0 Å². The molecule has 32 heavy (non-hydrogen) atoms. The van der Waals surface area contributed by atoms with Crippen LogP contribution >= 0.6 is 0 Å². The van der Waals surface area contributed by atoms with Gasteiger partial charge in [-0.15, -0.1) is 6.58 Å². The average Bonchev–Trinajstić information content (AvgIpc) is 2.94. The molecule has 2 aliphatic rings. The highest BCUT2D eigenvalue weighted by Gasteiger charge is 2.36. The van der Waals surface area contributed by atoms with Crippen LogP contribution in [-0.2, 0) is 0 Å². The number of rotatable bonds is 3. The number of nitrogens with zero attached hydrogens (tertiary/aromatic N) is 5. The Morgan fingerprint density at radius 2 is 1.69 bits per heavy atom. The zero-order valence-electron chi connectivity index (χ0n) is 17.6. The number of carbonyl (C=O) groups is 3. The number of imide groups is 1. The quantitative estimate of drug-likeness (QED) is 0.472. The number of hydrogen-bond donors (Lipinski definition) is 0. The minimum atomic E-state index is -0.415. The van der Waals surface area contributed by atoms with Gasteiger partial charge in [-0.25, -0.2) is 9.97 Å². The Morgan fingerprint density at radius 3 is 2.41 bits per heavy atom. The van der Waals surface area contributed by atoms with Crippen LogP contribution in [0.5, 0.6) is 0 Å². The molecule has 8 heteroatoms. The van der Waals surface area contributed by atoms with E-state index in [-0.39, 0.29) is 23.9 Å². The van der Waals surface area contributed by atoms with Gasteiger partial charge in [0.1, 0.15) is 0 Å². The van der Waals surface area contributed by atoms with Crippen LogP contribution in [0.25, 0.3) is 11.0 Å². The van der Waals surface area contributed by atoms with Gasteiger partial charge in [0.15, 0.2) is 11.6 Å². The lowest BCUT2D eigenvalue weighted by Crippen LogP contribution is -2.32. The lowest BCUT2D eigenvalue weighted by Gasteiger charge is -2.23. The van der Waals surface area contributed by atoms with E-state index in [4.69, 9.17) is 9.97 Å². The minimum absolute atomic E-state index is 0.129. The van der Waals surface area contributed by atoms with Crippen molar-refractivity contribution in [1.82, 2.24) is 14.9 Å². The van der Waals surface area contributed by atoms with Gasteiger partial charge in [-0.3, -0.25) is 24.2 Å². The van der Waals surface area contributed by atoms with Crippen molar-refractivity contribution in [3.63, 3.8) is 0 Å². The second-order valence-corrected chi connectivity index (χ2v) is 7.86. The molecule has 5 rings (SSSR count). The fourth-order valence-electron chi connectivity index (χ4n) is 4.17. The Kier molecular flexibility index (Phi) is 4.70. The zero-order valence-corrected chi connectivity index (χ0v) is 17.6. The van der Waals surface area contributed by atoms with E-state index in [0.29, 0.717) is 34.8 Å². The first-order valence-corrected chi connectivity index (χ1v) is 10.4. The van der Waals surface area contributed by atoms with Crippen LogP contribution in [0.4, 0.5) is 11.6 Å². The third-order valence-corrected chi connectivity index (χ3v) is 5.80. The molecular formula is C24H21N5O3. The third kappa shape index (κ3) is 3.03. The Hall–Kier alpha value is -4.07. The summed E-state index contributed by atoms with van der Waals surface area (Å²) in [4.78, 5) is 53.0. The van der Waals surface area contributed by atoms with E-state index < -0.39 is 5.91 Å². The van der Waals surface area contributed by atoms with Gasteiger partial charge in [-0.2, -0.15) is 0 Å². The lowest BCUT2D eigenvalue weighted by atomic mass is 10.0. The summed E-state index contributed by atoms with van der Waals surface area (Å²) < 4.78 is 0. The summed E-state index contributed by atoms with van der Waals surface area (Å²) in [6.45, 7) is 4.93. The monoisotopic (exact) mass is 427 g/mol. The number of anilines is 2. The first kappa shape index (κ1) is 19.9. The number of para-hydroxylation sites is 2. The molecule has 0 atom stereocenters. The fraction of sp³-hybridized carbons (Fsp3) is 0.208. The van der Waals surface area contributed by atoms with E-state index in [9.17, 15) is 14.4 Å². The number of amides is 3. The number of benzene rings is 2. The normalized spacial score (nSPS) is 15.6. The lowest BCUT2D eigenvalue weighted by molar-refractivity contribution is 0.0672. The zero-order chi connectivity index (χ0) is 22.4. The summed E-state index contributed by atoms with van der Waals surface area (Å²) in [6.07, 6.45) is 2.24. The highest BCUT2D eigenvalue weighted by Crippen LogP contribution is 2.32. The van der Waals surface area contributed by atoms with Crippen molar-refractivity contribution in [2.45, 2.75) is 6.42 Å². The van der Waals surface area contributed by atoms with Crippen LogP contribution in [-0.4, -0.2) is 59.3 Å². The van der Waals surface area contributed by atoms with Crippen LogP contribution in [0, 0.1) is 0 Å². The molecule has 0 spiro atoms. The van der Waals surface area contributed by atoms with E-state index >= 15 is 0 Å². The van der Waals surface area contributed by atoms with Gasteiger partial charge in [-0.1, -0.05) is 18.2 Å². The Balaban J connectivity index is 1.57. The van der Waals surface area contributed by atoms with Gasteiger partial charge >= 0.3 is 0 Å². The summed E-state index contributed by atoms with van der Waals surface area (Å²) >= 11 is 0. The van der Waals surface area contributed by atoms with Gasteiger partial charge in [-0.05, 0) is 36.8 Å². The molecule has 3 amide bonds. The van der Waals surface area contributed by atoms with E-state index in [1.54, 1.807) is 17.0 Å². The smallest absolute Gasteiger partial charge is 0.261 e. The Bertz CT molecular complexity index is 1300. The molecule has 3 heterocycles. The fourth-order valence-corrected chi connectivity index (χ4v) is 4.17. The molecule has 2 aromatic carbocycles. The van der Waals surface area contributed by atoms with E-state index in [1.165, 1.54) is 12.1 Å². The van der Waals surface area contributed by atoms with E-state index in [1.807, 2.05) is 36.2 Å². The van der Waals surface area contributed by atoms with Crippen molar-refractivity contribution in [3.8, 4) is 0 Å². The largest absolute Gasteiger partial charge is 0.357 e. The number of fused-ring (bicyclic) bond motifs is 3. The van der Waals surface area contributed by atoms with Crippen LogP contribution in [0.15, 0.2) is 55.1 Å². The Morgan fingerprint density at radius 1 is 1.00 bits per heavy atom. The molecule has 0 aliphatic carbocycles. The van der Waals surface area contributed by atoms with E-state index in [0.717, 1.165) is 23.4 Å². The van der Waals surface area contributed by atoms with Crippen molar-refractivity contribution in [2.24, 2.45) is 0 Å². The molecule has 0 N–H and O–H groups in total. The second kappa shape index (κ2) is 7.56. The van der Waals surface area contributed by atoms with Crippen molar-refractivity contribution >= 4 is 40.4 Å². The molecule has 2 aliphatic heterocycles. The Labute approximate surface area is 184 Å². The van der Waals surface area contributed by atoms with Gasteiger partial charge in [0.05, 0.1) is 22.2 Å². The molecule has 8 nitrogen and oxygen atoms in total. The first-order chi connectivity index (χ1) is 15.5. The van der Waals surface area contributed by atoms with Crippen LogP contribution < -0.4 is 9.80 Å². The summed E-state index contributed by atoms with van der Waals surface area (Å²) in [6, 6.07) is 12.2. The standard InChI is InChI=1S/C24H21N5O3/c1-3-11-29-23(31)16-10-9-15(14-17(16)24(29)32)22(30)28-13-6-12-27(2)20-21(28)26-19-8-5-4-7-18(19)25-20/h3-5,7-10,14H,1,6,11-13H2,2H3. The SMILES string of the molecule is C=CCN1C(=O)c2ccc(C(=O)N3CCCN(C)c4nc5ccccc5nc43)cc2C1=O. The van der Waals surface area contributed by atoms with Crippen LogP contribution in [0.1, 0.15) is 37.5 Å². The first-order valence-electron chi connectivity index (χ1n) is 10.4. The van der Waals surface area contributed by atoms with Gasteiger partial charge in [0.2, 0.25) is 0 Å². The highest BCUT2D eigenvalue weighted by atomic mass is 16.2. The molecule has 0 saturated heterocycles. The molecule has 160 valence electrons. The van der Waals surface area contributed by atoms with E-state index in [2.05, 4.69) is 6.58 Å².